The van der Waals surface area contributed by atoms with Gasteiger partial charge in [-0.1, -0.05) is 0 Å². The number of ether oxygens (including phenoxy) is 2. The largest absolute Gasteiger partial charge is 0.508 e. The Morgan fingerprint density at radius 2 is 1.70 bits per heavy atom. The van der Waals surface area contributed by atoms with Gasteiger partial charge in [0, 0.05) is 17.7 Å². The average molecular weight is 464 g/mol. The monoisotopic (exact) mass is 464 g/mol. The van der Waals surface area contributed by atoms with Crippen molar-refractivity contribution in [1.82, 2.24) is 0 Å². The number of aliphatic hydroxyl groups is 4. The highest BCUT2D eigenvalue weighted by atomic mass is 16.7. The number of aromatic hydroxyl groups is 4. The third kappa shape index (κ3) is 3.90. The third-order valence-electron chi connectivity index (χ3n) is 5.21. The van der Waals surface area contributed by atoms with Crippen LogP contribution in [0.2, 0.25) is 0 Å². The van der Waals surface area contributed by atoms with Crippen LogP contribution < -0.4 is 10.2 Å². The van der Waals surface area contributed by atoms with Gasteiger partial charge in [0.25, 0.3) is 0 Å². The predicted octanol–water partition coefficient (Wildman–Crippen LogP) is -0.539. The fraction of sp³-hybridized carbons (Fsp3) is 0.286. The van der Waals surface area contributed by atoms with E-state index >= 15 is 0 Å². The summed E-state index contributed by atoms with van der Waals surface area (Å²) in [4.78, 5) is 13.2. The summed E-state index contributed by atoms with van der Waals surface area (Å²) in [5, 5.41) is 78.3. The molecule has 1 saturated heterocycles. The Morgan fingerprint density at radius 1 is 0.970 bits per heavy atom. The van der Waals surface area contributed by atoms with Crippen LogP contribution in [-0.2, 0) is 4.74 Å². The van der Waals surface area contributed by atoms with Crippen molar-refractivity contribution in [2.24, 2.45) is 0 Å². The lowest BCUT2D eigenvalue weighted by Crippen LogP contribution is -2.40. The summed E-state index contributed by atoms with van der Waals surface area (Å²) in [5.41, 5.74) is -1.16. The van der Waals surface area contributed by atoms with Crippen LogP contribution in [0.25, 0.3) is 22.3 Å². The van der Waals surface area contributed by atoms with E-state index in [0.29, 0.717) is 0 Å². The molecule has 2 heterocycles. The molecule has 1 fully saturated rings. The highest BCUT2D eigenvalue weighted by Crippen LogP contribution is 2.39. The van der Waals surface area contributed by atoms with Gasteiger partial charge in [-0.2, -0.15) is 0 Å². The van der Waals surface area contributed by atoms with E-state index in [-0.39, 0.29) is 22.3 Å². The van der Waals surface area contributed by atoms with Crippen LogP contribution >= 0.6 is 0 Å². The molecule has 0 saturated carbocycles. The fourth-order valence-electron chi connectivity index (χ4n) is 3.54. The van der Waals surface area contributed by atoms with Crippen molar-refractivity contribution >= 4 is 11.0 Å². The molecule has 3 aromatic rings. The maximum Gasteiger partial charge on any atom is 0.239 e. The predicted molar refractivity (Wildman–Crippen MR) is 109 cm³/mol. The van der Waals surface area contributed by atoms with E-state index in [1.807, 2.05) is 0 Å². The number of benzene rings is 2. The first kappa shape index (κ1) is 22.6. The first-order chi connectivity index (χ1) is 15.6. The molecule has 176 valence electrons. The highest BCUT2D eigenvalue weighted by Gasteiger charge is 2.47. The second-order valence-corrected chi connectivity index (χ2v) is 7.45. The number of phenols is 4. The van der Waals surface area contributed by atoms with Crippen LogP contribution in [0.4, 0.5) is 0 Å². The van der Waals surface area contributed by atoms with E-state index in [1.54, 1.807) is 0 Å². The van der Waals surface area contributed by atoms with E-state index in [4.69, 9.17) is 19.0 Å². The molecule has 1 aliphatic heterocycles. The molecule has 0 aliphatic carbocycles. The average Bonchev–Trinajstić information content (AvgIpc) is 3.04. The minimum atomic E-state index is -1.75. The smallest absolute Gasteiger partial charge is 0.239 e. The van der Waals surface area contributed by atoms with Gasteiger partial charge in [-0.3, -0.25) is 4.79 Å². The Bertz CT molecular complexity index is 1250. The summed E-state index contributed by atoms with van der Waals surface area (Å²) in [6.07, 6.45) is -8.11. The lowest BCUT2D eigenvalue weighted by atomic mass is 10.1. The molecule has 1 aromatic heterocycles. The van der Waals surface area contributed by atoms with Crippen molar-refractivity contribution in [3.63, 3.8) is 0 Å². The van der Waals surface area contributed by atoms with Gasteiger partial charge in [-0.15, -0.1) is 0 Å². The molecule has 12 nitrogen and oxygen atoms in total. The summed E-state index contributed by atoms with van der Waals surface area (Å²) in [6, 6.07) is 5.38. The third-order valence-corrected chi connectivity index (χ3v) is 5.21. The molecule has 0 bridgehead atoms. The number of hydrogen-bond acceptors (Lipinski definition) is 12. The van der Waals surface area contributed by atoms with E-state index < -0.39 is 71.5 Å². The van der Waals surface area contributed by atoms with Crippen LogP contribution in [0.1, 0.15) is 0 Å². The molecule has 2 aromatic carbocycles. The molecule has 0 amide bonds. The Balaban J connectivity index is 1.88. The van der Waals surface area contributed by atoms with Crippen molar-refractivity contribution in [2.45, 2.75) is 30.7 Å². The minimum absolute atomic E-state index is 0.0297. The first-order valence-corrected chi connectivity index (χ1v) is 9.64. The second-order valence-electron chi connectivity index (χ2n) is 7.45. The molecule has 12 heteroatoms. The lowest BCUT2D eigenvalue weighted by molar-refractivity contribution is -0.137. The Morgan fingerprint density at radius 3 is 2.36 bits per heavy atom. The second kappa shape index (κ2) is 8.42. The number of hydrogen-bond donors (Lipinski definition) is 8. The first-order valence-electron chi connectivity index (χ1n) is 9.64. The number of phenolic OH excluding ortho intramolecular Hbond substituents is 4. The Labute approximate surface area is 184 Å². The standard InChI is InChI=1S/C21H20O12/c22-6-12(27)19-16(29)17(30)21(32-19)33-20-15(28)14-11(26)4-8(23)5-13(14)31-18(20)7-1-2-9(24)10(25)3-7/h1-5,12,16-17,19,21-27,29-30H,6H2/t12-,16-,17+,19+,21-/m0/s1. The molecule has 5 atom stereocenters. The summed E-state index contributed by atoms with van der Waals surface area (Å²) < 4.78 is 16.5. The normalized spacial score (nSPS) is 23.6. The summed E-state index contributed by atoms with van der Waals surface area (Å²) in [7, 11) is 0. The van der Waals surface area contributed by atoms with Gasteiger partial charge in [0.05, 0.1) is 6.61 Å². The fourth-order valence-corrected chi connectivity index (χ4v) is 3.54. The zero-order valence-corrected chi connectivity index (χ0v) is 16.7. The van der Waals surface area contributed by atoms with Gasteiger partial charge in [0.15, 0.2) is 17.3 Å². The topological polar surface area (TPSA) is 211 Å². The van der Waals surface area contributed by atoms with Gasteiger partial charge in [0.2, 0.25) is 17.5 Å². The minimum Gasteiger partial charge on any atom is -0.508 e. The molecule has 0 unspecified atom stereocenters. The number of aliphatic hydroxyl groups excluding tert-OH is 4. The molecule has 0 radical (unpaired) electrons. The van der Waals surface area contributed by atoms with Crippen molar-refractivity contribution < 1.29 is 54.7 Å². The molecule has 33 heavy (non-hydrogen) atoms. The highest BCUT2D eigenvalue weighted by molar-refractivity contribution is 5.88. The maximum atomic E-state index is 13.2. The molecular weight excluding hydrogens is 444 g/mol. The quantitative estimate of drug-likeness (QED) is 0.224. The van der Waals surface area contributed by atoms with Crippen LogP contribution in [0.3, 0.4) is 0 Å². The summed E-state index contributed by atoms with van der Waals surface area (Å²) in [6.45, 7) is -0.783. The zero-order chi connectivity index (χ0) is 24.0. The maximum absolute atomic E-state index is 13.2. The lowest BCUT2D eigenvalue weighted by Gasteiger charge is -2.19. The SMILES string of the molecule is O=c1c(O[C@@H]2O[C@H]([C@@H](O)CO)[C@@H](O)[C@H]2O)c(-c2ccc(O)c(O)c2)oc2cc(O)cc(O)c12. The summed E-state index contributed by atoms with van der Waals surface area (Å²) >= 11 is 0. The van der Waals surface area contributed by atoms with Crippen molar-refractivity contribution in [3.05, 3.63) is 40.6 Å². The van der Waals surface area contributed by atoms with Crippen molar-refractivity contribution in [2.75, 3.05) is 6.61 Å². The summed E-state index contributed by atoms with van der Waals surface area (Å²) in [5.74, 6) is -3.00. The van der Waals surface area contributed by atoms with Gasteiger partial charge in [-0.05, 0) is 18.2 Å². The van der Waals surface area contributed by atoms with Crippen molar-refractivity contribution in [3.8, 4) is 40.1 Å². The van der Waals surface area contributed by atoms with Crippen molar-refractivity contribution in [1.29, 1.82) is 0 Å². The molecule has 8 N–H and O–H groups in total. The van der Waals surface area contributed by atoms with Crippen LogP contribution in [0.5, 0.6) is 28.7 Å². The van der Waals surface area contributed by atoms with Crippen LogP contribution in [-0.4, -0.2) is 78.2 Å². The molecule has 1 aliphatic rings. The van der Waals surface area contributed by atoms with Gasteiger partial charge < -0.3 is 54.7 Å². The molecule has 0 spiro atoms. The molecular formula is C21H20O12. The van der Waals surface area contributed by atoms with Crippen LogP contribution in [0.15, 0.2) is 39.5 Å². The van der Waals surface area contributed by atoms with E-state index in [9.17, 15) is 40.5 Å². The van der Waals surface area contributed by atoms with Gasteiger partial charge in [-0.25, -0.2) is 0 Å². The molecule has 4 rings (SSSR count). The van der Waals surface area contributed by atoms with Gasteiger partial charge >= 0.3 is 0 Å². The van der Waals surface area contributed by atoms with E-state index in [2.05, 4.69) is 0 Å². The van der Waals surface area contributed by atoms with E-state index in [0.717, 1.165) is 24.3 Å². The van der Waals surface area contributed by atoms with Gasteiger partial charge in [0.1, 0.15) is 46.9 Å². The zero-order valence-electron chi connectivity index (χ0n) is 16.7. The van der Waals surface area contributed by atoms with Crippen LogP contribution in [0, 0.1) is 0 Å². The Hall–Kier alpha value is -3.55. The number of fused-ring (bicyclic) bond motifs is 1. The number of rotatable bonds is 5. The van der Waals surface area contributed by atoms with E-state index in [1.165, 1.54) is 6.07 Å². The Kier molecular flexibility index (Phi) is 5.78.